The molecule has 6 nitrogen and oxygen atoms in total. The molecule has 4 aliphatic rings. The van der Waals surface area contributed by atoms with Crippen LogP contribution in [0.2, 0.25) is 0 Å². The number of hydrogen-bond donors (Lipinski definition) is 1. The Morgan fingerprint density at radius 1 is 1.06 bits per heavy atom. The summed E-state index contributed by atoms with van der Waals surface area (Å²) in [4.78, 5) is 15.3. The molecule has 4 fully saturated rings. The molecule has 2 aromatic rings. The fourth-order valence-corrected chi connectivity index (χ4v) is 9.30. The number of ketones is 1. The van der Waals surface area contributed by atoms with Gasteiger partial charge >= 0.3 is 0 Å². The summed E-state index contributed by atoms with van der Waals surface area (Å²) in [7, 11) is 0. The molecule has 36 heavy (non-hydrogen) atoms. The van der Waals surface area contributed by atoms with E-state index in [1.54, 1.807) is 4.80 Å². The van der Waals surface area contributed by atoms with Gasteiger partial charge in [-0.25, -0.2) is 0 Å². The van der Waals surface area contributed by atoms with Crippen molar-refractivity contribution in [2.45, 2.75) is 90.7 Å². The summed E-state index contributed by atoms with van der Waals surface area (Å²) in [6.45, 7) is 7.94. The first-order chi connectivity index (χ1) is 17.3. The lowest BCUT2D eigenvalue weighted by Crippen LogP contribution is -2.52. The zero-order valence-corrected chi connectivity index (χ0v) is 22.3. The maximum atomic E-state index is 13.6. The van der Waals surface area contributed by atoms with Crippen LogP contribution in [0.5, 0.6) is 0 Å². The lowest BCUT2D eigenvalue weighted by atomic mass is 9.49. The van der Waals surface area contributed by atoms with Crippen molar-refractivity contribution < 1.29 is 14.6 Å². The predicted molar refractivity (Wildman–Crippen MR) is 139 cm³/mol. The molecule has 0 saturated heterocycles. The van der Waals surface area contributed by atoms with E-state index in [0.717, 1.165) is 66.5 Å². The van der Waals surface area contributed by atoms with Gasteiger partial charge in [0.15, 0.2) is 5.78 Å². The summed E-state index contributed by atoms with van der Waals surface area (Å²) in [5.74, 6) is 4.00. The molecule has 0 amide bonds. The van der Waals surface area contributed by atoms with Crippen LogP contribution in [0.15, 0.2) is 18.2 Å². The highest BCUT2D eigenvalue weighted by atomic mass is 16.5. The van der Waals surface area contributed by atoms with Crippen LogP contribution in [0.25, 0.3) is 11.0 Å². The van der Waals surface area contributed by atoms with Crippen LogP contribution in [-0.2, 0) is 16.1 Å². The lowest BCUT2D eigenvalue weighted by molar-refractivity contribution is -0.138. The summed E-state index contributed by atoms with van der Waals surface area (Å²) in [5, 5.41) is 20.3. The third kappa shape index (κ3) is 4.13. The van der Waals surface area contributed by atoms with Crippen molar-refractivity contribution in [1.29, 1.82) is 0 Å². The number of hydrogen-bond acceptors (Lipinski definition) is 5. The number of carbonyl (C=O) groups excluding carboxylic acids is 1. The van der Waals surface area contributed by atoms with Crippen LogP contribution >= 0.6 is 0 Å². The lowest BCUT2D eigenvalue weighted by Gasteiger charge is -2.57. The van der Waals surface area contributed by atoms with E-state index in [9.17, 15) is 9.90 Å². The number of rotatable bonds is 6. The highest BCUT2D eigenvalue weighted by molar-refractivity contribution is 5.82. The second-order valence-corrected chi connectivity index (χ2v) is 12.9. The van der Waals surface area contributed by atoms with Gasteiger partial charge in [0.25, 0.3) is 0 Å². The van der Waals surface area contributed by atoms with E-state index in [-0.39, 0.29) is 17.9 Å². The van der Waals surface area contributed by atoms with Gasteiger partial charge in [-0.3, -0.25) is 4.79 Å². The molecule has 0 aliphatic heterocycles. The second-order valence-electron chi connectivity index (χ2n) is 12.9. The minimum Gasteiger partial charge on any atom is -0.387 e. The monoisotopic (exact) mass is 493 g/mol. The number of ether oxygens (including phenoxy) is 1. The third-order valence-corrected chi connectivity index (χ3v) is 10.9. The molecule has 1 aromatic heterocycles. The van der Waals surface area contributed by atoms with Crippen molar-refractivity contribution in [1.82, 2.24) is 15.0 Å². The number of benzene rings is 1. The summed E-state index contributed by atoms with van der Waals surface area (Å²) in [6.07, 6.45) is 10.0. The molecule has 0 bridgehead atoms. The van der Waals surface area contributed by atoms with Crippen LogP contribution in [0, 0.1) is 47.8 Å². The molecule has 0 radical (unpaired) electrons. The second kappa shape index (κ2) is 9.20. The number of fused-ring (bicyclic) bond motifs is 6. The van der Waals surface area contributed by atoms with E-state index in [1.807, 2.05) is 25.1 Å². The molecule has 196 valence electrons. The molecule has 6 rings (SSSR count). The first kappa shape index (κ1) is 24.5. The zero-order valence-electron chi connectivity index (χ0n) is 22.3. The Labute approximate surface area is 215 Å². The summed E-state index contributed by atoms with van der Waals surface area (Å²) in [5.41, 5.74) is 2.38. The van der Waals surface area contributed by atoms with Gasteiger partial charge in [-0.1, -0.05) is 13.0 Å². The number of aliphatic hydroxyl groups is 1. The first-order valence-corrected chi connectivity index (χ1v) is 14.4. The minimum absolute atomic E-state index is 0.110. The van der Waals surface area contributed by atoms with E-state index in [2.05, 4.69) is 24.0 Å². The first-order valence-electron chi connectivity index (χ1n) is 14.4. The number of aryl methyl sites for hydroxylation is 1. The maximum Gasteiger partial charge on any atom is 0.159 e. The highest BCUT2D eigenvalue weighted by Crippen LogP contribution is 2.64. The molecule has 0 spiro atoms. The predicted octanol–water partition coefficient (Wildman–Crippen LogP) is 5.35. The molecule has 1 N–H and O–H groups in total. The zero-order chi connectivity index (χ0) is 25.1. The average Bonchev–Trinajstić information content (AvgIpc) is 3.41. The van der Waals surface area contributed by atoms with Gasteiger partial charge in [-0.05, 0) is 124 Å². The number of Topliss-reactive ketones (excluding diaryl/α,β-unsaturated/α-hetero) is 1. The van der Waals surface area contributed by atoms with Gasteiger partial charge in [-0.2, -0.15) is 15.0 Å². The normalized spacial score (nSPS) is 40.0. The van der Waals surface area contributed by atoms with Gasteiger partial charge < -0.3 is 9.84 Å². The Kier molecular flexibility index (Phi) is 6.27. The van der Waals surface area contributed by atoms with Crippen LogP contribution in [0.1, 0.15) is 77.2 Å². The van der Waals surface area contributed by atoms with Crippen LogP contribution in [-0.4, -0.2) is 44.7 Å². The molecule has 6 heteroatoms. The molecule has 4 aliphatic carbocycles. The van der Waals surface area contributed by atoms with Gasteiger partial charge in [0, 0.05) is 12.5 Å². The molecule has 1 aromatic carbocycles. The van der Waals surface area contributed by atoms with Crippen molar-refractivity contribution in [2.75, 3.05) is 13.2 Å². The summed E-state index contributed by atoms with van der Waals surface area (Å²) in [6, 6.07) is 6.08. The molecule has 8 atom stereocenters. The van der Waals surface area contributed by atoms with Crippen molar-refractivity contribution in [3.63, 3.8) is 0 Å². The topological polar surface area (TPSA) is 77.2 Å². The van der Waals surface area contributed by atoms with Crippen molar-refractivity contribution in [3.05, 3.63) is 23.8 Å². The number of aromatic nitrogens is 3. The van der Waals surface area contributed by atoms with E-state index in [0.29, 0.717) is 30.8 Å². The van der Waals surface area contributed by atoms with Gasteiger partial charge in [0.1, 0.15) is 17.6 Å². The highest BCUT2D eigenvalue weighted by Gasteiger charge is 2.59. The fourth-order valence-electron chi connectivity index (χ4n) is 9.30. The Bertz CT molecular complexity index is 1130. The van der Waals surface area contributed by atoms with Gasteiger partial charge in [0.05, 0.1) is 12.2 Å². The largest absolute Gasteiger partial charge is 0.387 e. The molecular formula is C30H43N3O3. The average molecular weight is 494 g/mol. The number of carbonyl (C=O) groups is 1. The number of nitrogens with zero attached hydrogens (tertiary/aromatic N) is 3. The fraction of sp³-hybridized carbons (Fsp3) is 0.767. The van der Waals surface area contributed by atoms with Crippen LogP contribution in [0.3, 0.4) is 0 Å². The van der Waals surface area contributed by atoms with E-state index < -0.39 is 5.60 Å². The van der Waals surface area contributed by atoms with E-state index >= 15 is 0 Å². The molecule has 1 heterocycles. The molecule has 4 saturated carbocycles. The SMILES string of the molecule is CCOC[C@@]1(O)CC[C@H]2[C@H](CC[C@@H]3[C@@H]2CC[C@]2(C)[C@@H](C(=O)Cn4nc5ccc(C)cc5n4)CC[C@@H]32)C1. The Balaban J connectivity index is 1.14. The summed E-state index contributed by atoms with van der Waals surface area (Å²) < 4.78 is 5.64. The Morgan fingerprint density at radius 3 is 2.69 bits per heavy atom. The summed E-state index contributed by atoms with van der Waals surface area (Å²) >= 11 is 0. The standard InChI is InChI=1S/C30H43N3O3/c1-4-36-18-30(35)14-12-21-20(16-30)6-7-23-22(21)11-13-29(3)24(23)8-9-25(29)28(34)17-33-31-26-10-5-19(2)15-27(26)32-33/h5,10,15,20-25,35H,4,6-9,11-14,16-18H2,1-3H3/t20-,21+,22-,23-,24+,25-,29+,30-/m1/s1. The maximum absolute atomic E-state index is 13.6. The Morgan fingerprint density at radius 2 is 1.86 bits per heavy atom. The quantitative estimate of drug-likeness (QED) is 0.587. The van der Waals surface area contributed by atoms with E-state index in [4.69, 9.17) is 4.74 Å². The van der Waals surface area contributed by atoms with Crippen molar-refractivity contribution in [2.24, 2.45) is 40.9 Å². The molecule has 0 unspecified atom stereocenters. The minimum atomic E-state index is -0.623. The van der Waals surface area contributed by atoms with Crippen LogP contribution in [0.4, 0.5) is 0 Å². The van der Waals surface area contributed by atoms with Crippen molar-refractivity contribution >= 4 is 16.8 Å². The smallest absolute Gasteiger partial charge is 0.159 e. The molecular weight excluding hydrogens is 450 g/mol. The Hall–Kier alpha value is -1.79. The van der Waals surface area contributed by atoms with Crippen LogP contribution < -0.4 is 0 Å². The van der Waals surface area contributed by atoms with Crippen molar-refractivity contribution in [3.8, 4) is 0 Å². The third-order valence-electron chi connectivity index (χ3n) is 10.9. The van der Waals surface area contributed by atoms with Gasteiger partial charge in [0.2, 0.25) is 0 Å². The van der Waals surface area contributed by atoms with Gasteiger partial charge in [-0.15, -0.1) is 0 Å². The van der Waals surface area contributed by atoms with E-state index in [1.165, 1.54) is 25.7 Å².